The van der Waals surface area contributed by atoms with E-state index in [1.165, 1.54) is 16.4 Å². The lowest BCUT2D eigenvalue weighted by Crippen LogP contribution is -2.28. The highest BCUT2D eigenvalue weighted by atomic mass is 32.2. The summed E-state index contributed by atoms with van der Waals surface area (Å²) in [5.74, 6) is -0.477. The number of hydrogen-bond acceptors (Lipinski definition) is 4. The molecule has 1 aliphatic rings. The van der Waals surface area contributed by atoms with Crippen molar-refractivity contribution in [1.82, 2.24) is 9.79 Å². The third-order valence-electron chi connectivity index (χ3n) is 4.05. The van der Waals surface area contributed by atoms with Crippen LogP contribution >= 0.6 is 0 Å². The topological polar surface area (TPSA) is 75.7 Å². The first-order valence-corrected chi connectivity index (χ1v) is 9.58. The van der Waals surface area contributed by atoms with Crippen molar-refractivity contribution in [3.8, 4) is 0 Å². The number of carbonyl (C=O) groups is 1. The van der Waals surface area contributed by atoms with Crippen LogP contribution in [0.15, 0.2) is 59.5 Å². The van der Waals surface area contributed by atoms with Crippen LogP contribution in [0.4, 0.5) is 0 Å². The monoisotopic (exact) mass is 360 g/mol. The summed E-state index contributed by atoms with van der Waals surface area (Å²) in [6.45, 7) is 1.29. The predicted octanol–water partition coefficient (Wildman–Crippen LogP) is 2.33. The fourth-order valence-electron chi connectivity index (χ4n) is 2.69. The number of rotatable bonds is 6. The van der Waals surface area contributed by atoms with Crippen LogP contribution in [0.25, 0.3) is 0 Å². The molecule has 0 bridgehead atoms. The fraction of sp³-hybridized carbons (Fsp3) is 0.278. The quantitative estimate of drug-likeness (QED) is 0.802. The van der Waals surface area contributed by atoms with Gasteiger partial charge in [-0.2, -0.15) is 4.31 Å². The van der Waals surface area contributed by atoms with Gasteiger partial charge in [0.1, 0.15) is 0 Å². The smallest absolute Gasteiger partial charge is 0.269 e. The van der Waals surface area contributed by atoms with Crippen molar-refractivity contribution >= 4 is 15.9 Å². The molecule has 0 unspecified atom stereocenters. The van der Waals surface area contributed by atoms with Crippen LogP contribution < -0.4 is 5.48 Å². The molecule has 132 valence electrons. The van der Waals surface area contributed by atoms with Crippen molar-refractivity contribution in [2.24, 2.45) is 0 Å². The highest BCUT2D eigenvalue weighted by Gasteiger charge is 2.27. The molecule has 0 aromatic heterocycles. The van der Waals surface area contributed by atoms with Gasteiger partial charge in [-0.15, -0.1) is 0 Å². The molecule has 0 aliphatic carbocycles. The Morgan fingerprint density at radius 3 is 2.48 bits per heavy atom. The Morgan fingerprint density at radius 2 is 1.76 bits per heavy atom. The molecule has 6 nitrogen and oxygen atoms in total. The molecular formula is C18H20N2O4S. The van der Waals surface area contributed by atoms with Crippen LogP contribution in [0.3, 0.4) is 0 Å². The van der Waals surface area contributed by atoms with Crippen molar-refractivity contribution in [2.75, 3.05) is 13.1 Å². The largest absolute Gasteiger partial charge is 0.274 e. The summed E-state index contributed by atoms with van der Waals surface area (Å²) in [4.78, 5) is 17.5. The van der Waals surface area contributed by atoms with E-state index in [0.29, 0.717) is 13.1 Å². The van der Waals surface area contributed by atoms with Gasteiger partial charge in [-0.25, -0.2) is 13.9 Å². The van der Waals surface area contributed by atoms with Crippen LogP contribution in [0.5, 0.6) is 0 Å². The molecule has 0 radical (unpaired) electrons. The van der Waals surface area contributed by atoms with E-state index in [1.807, 2.05) is 30.3 Å². The number of nitrogens with zero attached hydrogens (tertiary/aromatic N) is 1. The molecule has 1 amide bonds. The minimum absolute atomic E-state index is 0.130. The molecule has 0 atom stereocenters. The van der Waals surface area contributed by atoms with E-state index in [4.69, 9.17) is 4.84 Å². The number of benzene rings is 2. The summed E-state index contributed by atoms with van der Waals surface area (Å²) in [6, 6.07) is 15.4. The predicted molar refractivity (Wildman–Crippen MR) is 93.1 cm³/mol. The molecule has 2 aromatic rings. The SMILES string of the molecule is O=C(NOCc1ccccc1)c1cccc(S(=O)(=O)N2CCCC2)c1. The van der Waals surface area contributed by atoms with Gasteiger partial charge >= 0.3 is 0 Å². The maximum atomic E-state index is 12.6. The average molecular weight is 360 g/mol. The molecule has 3 rings (SSSR count). The standard InChI is InChI=1S/C18H20N2O4S/c21-18(19-24-14-15-7-2-1-3-8-15)16-9-6-10-17(13-16)25(22,23)20-11-4-5-12-20/h1-3,6-10,13H,4-5,11-12,14H2,(H,19,21). The van der Waals surface area contributed by atoms with Crippen molar-refractivity contribution in [3.05, 3.63) is 65.7 Å². The van der Waals surface area contributed by atoms with E-state index in [2.05, 4.69) is 5.48 Å². The van der Waals surface area contributed by atoms with Gasteiger partial charge in [0.2, 0.25) is 10.0 Å². The second-order valence-corrected chi connectivity index (χ2v) is 7.78. The van der Waals surface area contributed by atoms with Gasteiger partial charge in [0.25, 0.3) is 5.91 Å². The Bertz CT molecular complexity index is 831. The maximum Gasteiger partial charge on any atom is 0.274 e. The third kappa shape index (κ3) is 4.25. The summed E-state index contributed by atoms with van der Waals surface area (Å²) in [5.41, 5.74) is 3.52. The van der Waals surface area contributed by atoms with Gasteiger partial charge in [0.15, 0.2) is 0 Å². The average Bonchev–Trinajstić information content (AvgIpc) is 3.18. The lowest BCUT2D eigenvalue weighted by Gasteiger charge is -2.16. The molecule has 0 saturated carbocycles. The minimum atomic E-state index is -3.55. The first kappa shape index (κ1) is 17.6. The zero-order valence-electron chi connectivity index (χ0n) is 13.7. The van der Waals surface area contributed by atoms with Crippen LogP contribution in [-0.4, -0.2) is 31.7 Å². The summed E-state index contributed by atoms with van der Waals surface area (Å²) in [7, 11) is -3.55. The number of hydroxylamine groups is 1. The molecule has 2 aromatic carbocycles. The minimum Gasteiger partial charge on any atom is -0.269 e. The number of carbonyl (C=O) groups excluding carboxylic acids is 1. The van der Waals surface area contributed by atoms with Crippen molar-refractivity contribution in [2.45, 2.75) is 24.3 Å². The van der Waals surface area contributed by atoms with Crippen molar-refractivity contribution in [3.63, 3.8) is 0 Å². The zero-order chi connectivity index (χ0) is 17.7. The highest BCUT2D eigenvalue weighted by Crippen LogP contribution is 2.21. The molecule has 1 heterocycles. The Morgan fingerprint density at radius 1 is 1.04 bits per heavy atom. The van der Waals surface area contributed by atoms with E-state index in [0.717, 1.165) is 18.4 Å². The van der Waals surface area contributed by atoms with Gasteiger partial charge in [0, 0.05) is 18.7 Å². The van der Waals surface area contributed by atoms with Gasteiger partial charge in [-0.05, 0) is 36.6 Å². The normalized spacial score (nSPS) is 15.2. The molecule has 1 N–H and O–H groups in total. The van der Waals surface area contributed by atoms with E-state index in [9.17, 15) is 13.2 Å². The molecular weight excluding hydrogens is 340 g/mol. The van der Waals surface area contributed by atoms with Crippen molar-refractivity contribution in [1.29, 1.82) is 0 Å². The van der Waals surface area contributed by atoms with Gasteiger partial charge in [-0.1, -0.05) is 36.4 Å². The first-order chi connectivity index (χ1) is 12.1. The molecule has 1 fully saturated rings. The molecule has 1 aliphatic heterocycles. The number of sulfonamides is 1. The van der Waals surface area contributed by atoms with Crippen LogP contribution in [0.2, 0.25) is 0 Å². The molecule has 25 heavy (non-hydrogen) atoms. The molecule has 7 heteroatoms. The summed E-state index contributed by atoms with van der Waals surface area (Å²) >= 11 is 0. The van der Waals surface area contributed by atoms with E-state index < -0.39 is 15.9 Å². The molecule has 1 saturated heterocycles. The van der Waals surface area contributed by atoms with Crippen LogP contribution in [0, 0.1) is 0 Å². The Kier molecular flexibility index (Phi) is 5.47. The van der Waals surface area contributed by atoms with Crippen LogP contribution in [0.1, 0.15) is 28.8 Å². The van der Waals surface area contributed by atoms with E-state index >= 15 is 0 Å². The van der Waals surface area contributed by atoms with Gasteiger partial charge in [0.05, 0.1) is 11.5 Å². The number of nitrogens with one attached hydrogen (secondary N) is 1. The zero-order valence-corrected chi connectivity index (χ0v) is 14.5. The van der Waals surface area contributed by atoms with Crippen LogP contribution in [-0.2, 0) is 21.5 Å². The van der Waals surface area contributed by atoms with E-state index in [1.54, 1.807) is 12.1 Å². The second kappa shape index (κ2) is 7.77. The van der Waals surface area contributed by atoms with E-state index in [-0.39, 0.29) is 17.1 Å². The van der Waals surface area contributed by atoms with Gasteiger partial charge < -0.3 is 0 Å². The lowest BCUT2D eigenvalue weighted by atomic mass is 10.2. The highest BCUT2D eigenvalue weighted by molar-refractivity contribution is 7.89. The first-order valence-electron chi connectivity index (χ1n) is 8.14. The summed E-state index contributed by atoms with van der Waals surface area (Å²) in [6.07, 6.45) is 1.74. The molecule has 0 spiro atoms. The Balaban J connectivity index is 1.65. The Hall–Kier alpha value is -2.22. The fourth-order valence-corrected chi connectivity index (χ4v) is 4.26. The second-order valence-electron chi connectivity index (χ2n) is 5.84. The number of amides is 1. The third-order valence-corrected chi connectivity index (χ3v) is 5.94. The number of hydrogen-bond donors (Lipinski definition) is 1. The van der Waals surface area contributed by atoms with Crippen molar-refractivity contribution < 1.29 is 18.0 Å². The summed E-state index contributed by atoms with van der Waals surface area (Å²) < 4.78 is 26.6. The Labute approximate surface area is 147 Å². The maximum absolute atomic E-state index is 12.6. The van der Waals surface area contributed by atoms with Gasteiger partial charge in [-0.3, -0.25) is 9.63 Å². The lowest BCUT2D eigenvalue weighted by molar-refractivity contribution is 0.0233. The summed E-state index contributed by atoms with van der Waals surface area (Å²) in [5, 5.41) is 0.